The first-order valence-corrected chi connectivity index (χ1v) is 14.0. The van der Waals surface area contributed by atoms with E-state index in [1.54, 1.807) is 20.8 Å². The molecular weight excluding hydrogens is 584 g/mol. The van der Waals surface area contributed by atoms with Crippen LogP contribution in [-0.4, -0.2) is 47.2 Å². The van der Waals surface area contributed by atoms with E-state index in [-0.39, 0.29) is 41.9 Å². The number of imide groups is 1. The van der Waals surface area contributed by atoms with Gasteiger partial charge in [0.2, 0.25) is 11.7 Å². The Balaban J connectivity index is 0.000000283. The monoisotopic (exact) mass is 628 g/mol. The normalized spacial score (nSPS) is 21.3. The molecule has 1 aliphatic carbocycles. The first-order valence-electron chi connectivity index (χ1n) is 14.0. The van der Waals surface area contributed by atoms with Gasteiger partial charge in [-0.2, -0.15) is 0 Å². The fourth-order valence-corrected chi connectivity index (χ4v) is 4.32. The number of nitrogens with one attached hydrogen (secondary N) is 2. The highest BCUT2D eigenvalue weighted by atomic mass is 16.7. The van der Waals surface area contributed by atoms with Gasteiger partial charge in [-0.15, -0.1) is 0 Å². The van der Waals surface area contributed by atoms with Gasteiger partial charge >= 0.3 is 18.0 Å². The molecule has 0 atom stereocenters. The second-order valence-electron chi connectivity index (χ2n) is 11.9. The molecule has 45 heavy (non-hydrogen) atoms. The first kappa shape index (κ1) is 38.2. The predicted molar refractivity (Wildman–Crippen MR) is 167 cm³/mol. The Hall–Kier alpha value is -4.87. The van der Waals surface area contributed by atoms with Crippen LogP contribution in [-0.2, 0) is 38.1 Å². The molecule has 0 radical (unpaired) electrons. The van der Waals surface area contributed by atoms with E-state index >= 15 is 0 Å². The van der Waals surface area contributed by atoms with Gasteiger partial charge in [0.05, 0.1) is 12.8 Å². The third kappa shape index (κ3) is 17.1. The van der Waals surface area contributed by atoms with Crippen molar-refractivity contribution in [1.29, 1.82) is 0 Å². The lowest BCUT2D eigenvalue weighted by Gasteiger charge is -2.31. The minimum atomic E-state index is -0.827. The van der Waals surface area contributed by atoms with Gasteiger partial charge in [0.15, 0.2) is 0 Å². The van der Waals surface area contributed by atoms with Crippen molar-refractivity contribution in [3.63, 3.8) is 0 Å². The molecule has 12 heteroatoms. The minimum absolute atomic E-state index is 0.148. The van der Waals surface area contributed by atoms with Gasteiger partial charge in [-0.3, -0.25) is 24.5 Å². The van der Waals surface area contributed by atoms with Crippen molar-refractivity contribution in [3.8, 4) is 0 Å². The molecule has 1 saturated carbocycles. The minimum Gasteiger partial charge on any atom is -0.508 e. The second kappa shape index (κ2) is 16.8. The summed E-state index contributed by atoms with van der Waals surface area (Å²) in [6.45, 7) is 27.7. The molecule has 3 amide bonds. The molecule has 0 aromatic rings. The number of carbonyl (C=O) groups excluding carboxylic acids is 5. The summed E-state index contributed by atoms with van der Waals surface area (Å²) in [5.41, 5.74) is 2.60. The number of esters is 2. The van der Waals surface area contributed by atoms with E-state index in [0.717, 1.165) is 24.0 Å². The topological polar surface area (TPSA) is 167 Å². The van der Waals surface area contributed by atoms with Crippen LogP contribution in [0.3, 0.4) is 0 Å². The lowest BCUT2D eigenvalue weighted by molar-refractivity contribution is -0.217. The van der Waals surface area contributed by atoms with Crippen molar-refractivity contribution in [2.75, 3.05) is 6.61 Å². The maximum absolute atomic E-state index is 11.0. The molecule has 4 heterocycles. The first-order chi connectivity index (χ1) is 20.6. The highest BCUT2D eigenvalue weighted by Gasteiger charge is 2.31. The third-order valence-electron chi connectivity index (χ3n) is 5.64. The van der Waals surface area contributed by atoms with Crippen LogP contribution >= 0.6 is 0 Å². The smallest absolute Gasteiger partial charge is 0.325 e. The number of rotatable bonds is 0. The number of ether oxygens (including phenoxy) is 4. The molecular formula is C33H44N2O10. The zero-order chi connectivity index (χ0) is 34.5. The van der Waals surface area contributed by atoms with E-state index in [1.165, 1.54) is 12.2 Å². The highest BCUT2D eigenvalue weighted by Crippen LogP contribution is 2.35. The Bertz CT molecular complexity index is 1190. The van der Waals surface area contributed by atoms with Gasteiger partial charge in [0, 0.05) is 44.5 Å². The van der Waals surface area contributed by atoms with Crippen molar-refractivity contribution in [2.45, 2.75) is 78.9 Å². The number of carbonyl (C=O) groups is 5. The molecule has 12 nitrogen and oxygen atoms in total. The number of Topliss-reactive ketones (excluding diaryl/α,β-unsaturated/α-hetero) is 1. The van der Waals surface area contributed by atoms with Crippen LogP contribution in [0.4, 0.5) is 4.79 Å². The Morgan fingerprint density at radius 1 is 0.778 bits per heavy atom. The number of allylic oxidation sites excluding steroid dienone is 4. The summed E-state index contributed by atoms with van der Waals surface area (Å²) in [6, 6.07) is -0.490. The van der Waals surface area contributed by atoms with E-state index in [0.29, 0.717) is 48.2 Å². The summed E-state index contributed by atoms with van der Waals surface area (Å²) < 4.78 is 19.4. The second-order valence-corrected chi connectivity index (χ2v) is 11.9. The van der Waals surface area contributed by atoms with Crippen molar-refractivity contribution >= 4 is 29.7 Å². The van der Waals surface area contributed by atoms with Crippen LogP contribution in [0.5, 0.6) is 0 Å². The fourth-order valence-electron chi connectivity index (χ4n) is 4.32. The number of cyclic esters (lactones) is 2. The summed E-state index contributed by atoms with van der Waals surface area (Å²) in [5, 5.41) is 13.3. The van der Waals surface area contributed by atoms with Crippen LogP contribution in [0.2, 0.25) is 0 Å². The number of hydrogen-bond acceptors (Lipinski definition) is 10. The van der Waals surface area contributed by atoms with E-state index in [4.69, 9.17) is 19.3 Å². The van der Waals surface area contributed by atoms with Crippen LogP contribution in [0.1, 0.15) is 73.1 Å². The molecule has 0 spiro atoms. The molecule has 5 rings (SSSR count). The predicted octanol–water partition coefficient (Wildman–Crippen LogP) is 5.62. The quantitative estimate of drug-likeness (QED) is 0.226. The molecule has 0 aromatic heterocycles. The van der Waals surface area contributed by atoms with Crippen molar-refractivity contribution in [1.82, 2.24) is 10.6 Å². The zero-order valence-electron chi connectivity index (χ0n) is 26.8. The molecule has 5 aliphatic rings. The van der Waals surface area contributed by atoms with Gasteiger partial charge in [-0.25, -0.2) is 4.79 Å². The van der Waals surface area contributed by atoms with Crippen LogP contribution in [0, 0.1) is 5.41 Å². The van der Waals surface area contributed by atoms with E-state index in [9.17, 15) is 24.0 Å². The van der Waals surface area contributed by atoms with Gasteiger partial charge in [-0.1, -0.05) is 52.3 Å². The van der Waals surface area contributed by atoms with Gasteiger partial charge in [0.25, 0.3) is 0 Å². The zero-order valence-corrected chi connectivity index (χ0v) is 26.8. The molecule has 246 valence electrons. The van der Waals surface area contributed by atoms with Crippen LogP contribution in [0.15, 0.2) is 84.9 Å². The van der Waals surface area contributed by atoms with E-state index in [1.807, 2.05) is 0 Å². The summed E-state index contributed by atoms with van der Waals surface area (Å²) in [5.74, 6) is 0.612. The number of amides is 3. The van der Waals surface area contributed by atoms with Gasteiger partial charge < -0.3 is 29.4 Å². The molecule has 0 bridgehead atoms. The Labute approximate surface area is 264 Å². The Morgan fingerprint density at radius 3 is 1.80 bits per heavy atom. The highest BCUT2D eigenvalue weighted by molar-refractivity contribution is 5.99. The van der Waals surface area contributed by atoms with E-state index in [2.05, 4.69) is 62.1 Å². The summed E-state index contributed by atoms with van der Waals surface area (Å²) in [6.07, 6.45) is 6.13. The van der Waals surface area contributed by atoms with Gasteiger partial charge in [0.1, 0.15) is 41.8 Å². The standard InChI is InChI=1S/C9H14O.C7H10O3.C7H8O2.C5H6N2O2.C5H6O2/c1-7-4-8(10)6-9(2,3)5-7;1-5-4-6(8)10-7(2,3)9-5;1-5-3-7(8)4-6(2)9-5;1-3-2-4(8)7-5(9)6-3;1-4-2-5(6)7-3-4/h1,4-6H2,2-3H3;1,4H2,2-3H3;3-4,8H,1H2,2H3;1-2H2,(H2,6,7,8,9);1-3H2. The molecule has 0 unspecified atom stereocenters. The number of aliphatic hydroxyl groups excluding tert-OH is 1. The Morgan fingerprint density at radius 2 is 1.42 bits per heavy atom. The van der Waals surface area contributed by atoms with Crippen molar-refractivity contribution < 1.29 is 48.0 Å². The maximum Gasteiger partial charge on any atom is 0.325 e. The SMILES string of the molecule is C=C1C=C(O)C=C(C)O1.C=C1CC(=O)CC(C)(C)C1.C=C1CC(=O)NC(=O)N1.C=C1CC(=O)OC(C)(C)O1.C=C1COC(=O)C1. The largest absolute Gasteiger partial charge is 0.508 e. The lowest BCUT2D eigenvalue weighted by atomic mass is 9.75. The molecule has 0 aromatic carbocycles. The number of ketones is 1. The maximum atomic E-state index is 11.0. The number of aliphatic hydroxyl groups is 1. The Kier molecular flexibility index (Phi) is 14.3. The molecule has 3 saturated heterocycles. The lowest BCUT2D eigenvalue weighted by Crippen LogP contribution is -2.44. The summed E-state index contributed by atoms with van der Waals surface area (Å²) in [4.78, 5) is 52.8. The number of hydrogen-bond donors (Lipinski definition) is 3. The average Bonchev–Trinajstić information content (AvgIpc) is 3.18. The average molecular weight is 629 g/mol. The van der Waals surface area contributed by atoms with Crippen molar-refractivity contribution in [2.24, 2.45) is 5.41 Å². The van der Waals surface area contributed by atoms with E-state index < -0.39 is 11.8 Å². The summed E-state index contributed by atoms with van der Waals surface area (Å²) in [7, 11) is 0. The van der Waals surface area contributed by atoms with Crippen LogP contribution < -0.4 is 10.6 Å². The third-order valence-corrected chi connectivity index (χ3v) is 5.64. The molecule has 4 fully saturated rings. The van der Waals surface area contributed by atoms with Crippen LogP contribution in [0.25, 0.3) is 0 Å². The molecule has 3 N–H and O–H groups in total. The number of urea groups is 1. The summed E-state index contributed by atoms with van der Waals surface area (Å²) >= 11 is 0. The fraction of sp³-hybridized carbons (Fsp3) is 0.424. The van der Waals surface area contributed by atoms with Gasteiger partial charge in [-0.05, 0) is 24.3 Å². The van der Waals surface area contributed by atoms with Crippen molar-refractivity contribution in [3.05, 3.63) is 84.9 Å². The molecule has 4 aliphatic heterocycles.